The summed E-state index contributed by atoms with van der Waals surface area (Å²) in [6, 6.07) is 25.2. The van der Waals surface area contributed by atoms with Gasteiger partial charge in [-0.05, 0) is 54.9 Å². The van der Waals surface area contributed by atoms with E-state index in [4.69, 9.17) is 0 Å². The molecule has 1 aromatic heterocycles. The Morgan fingerprint density at radius 2 is 1.72 bits per heavy atom. The number of anilines is 1. The van der Waals surface area contributed by atoms with Gasteiger partial charge in [-0.3, -0.25) is 4.79 Å². The van der Waals surface area contributed by atoms with Gasteiger partial charge in [-0.1, -0.05) is 48.5 Å². The van der Waals surface area contributed by atoms with E-state index in [1.54, 1.807) is 23.1 Å². The molecule has 0 unspecified atom stereocenters. The lowest BCUT2D eigenvalue weighted by Gasteiger charge is -2.20. The van der Waals surface area contributed by atoms with Crippen molar-refractivity contribution in [1.29, 1.82) is 0 Å². The molecule has 162 valence electrons. The molecule has 0 atom stereocenters. The monoisotopic (exact) mass is 445 g/mol. The number of para-hydroxylation sites is 1. The van der Waals surface area contributed by atoms with Crippen molar-refractivity contribution in [2.75, 3.05) is 18.5 Å². The molecule has 2 heterocycles. The molecule has 32 heavy (non-hydrogen) atoms. The van der Waals surface area contributed by atoms with Crippen LogP contribution < -0.4 is 9.62 Å². The van der Waals surface area contributed by atoms with E-state index in [1.165, 1.54) is 7.05 Å². The molecule has 1 amide bonds. The Morgan fingerprint density at radius 3 is 2.50 bits per heavy atom. The lowest BCUT2D eigenvalue weighted by Crippen LogP contribution is -2.32. The molecule has 0 aliphatic carbocycles. The number of carbonyl (C=O) groups is 1. The fraction of sp³-hybridized carbons (Fsp3) is 0.160. The van der Waals surface area contributed by atoms with E-state index >= 15 is 0 Å². The highest BCUT2D eigenvalue weighted by Crippen LogP contribution is 2.32. The molecule has 1 N–H and O–H groups in total. The average molecular weight is 446 g/mol. The minimum absolute atomic E-state index is 0.0218. The lowest BCUT2D eigenvalue weighted by atomic mass is 10.1. The molecule has 3 aromatic carbocycles. The maximum Gasteiger partial charge on any atom is 0.246 e. The van der Waals surface area contributed by atoms with Crippen LogP contribution in [0.1, 0.15) is 5.56 Å². The standard InChI is InChI=1S/C25H23N3O3S/c1-26-32(30,31)21-11-12-23-20(15-21)13-14-27(23)25(29)17-28-22-10-6-5-9-19(22)16-24(28)18-7-3-2-4-8-18/h2-12,15-16,26H,13-14,17H2,1H3. The van der Waals surface area contributed by atoms with E-state index in [0.29, 0.717) is 13.0 Å². The molecule has 1 aliphatic rings. The molecule has 5 rings (SSSR count). The molecule has 7 heteroatoms. The van der Waals surface area contributed by atoms with Crippen LogP contribution >= 0.6 is 0 Å². The topological polar surface area (TPSA) is 71.4 Å². The van der Waals surface area contributed by atoms with Crippen molar-refractivity contribution in [3.63, 3.8) is 0 Å². The molecule has 1 aliphatic heterocycles. The highest BCUT2D eigenvalue weighted by molar-refractivity contribution is 7.89. The summed E-state index contributed by atoms with van der Waals surface area (Å²) < 4.78 is 28.7. The molecule has 0 saturated carbocycles. The van der Waals surface area contributed by atoms with Gasteiger partial charge in [-0.15, -0.1) is 0 Å². The van der Waals surface area contributed by atoms with Crippen LogP contribution in [0.5, 0.6) is 0 Å². The van der Waals surface area contributed by atoms with Crippen LogP contribution in [-0.4, -0.2) is 32.5 Å². The third-order valence-corrected chi connectivity index (χ3v) is 7.41. The summed E-state index contributed by atoms with van der Waals surface area (Å²) in [6.07, 6.45) is 0.631. The van der Waals surface area contributed by atoms with Crippen LogP contribution in [0.3, 0.4) is 0 Å². The highest BCUT2D eigenvalue weighted by Gasteiger charge is 2.27. The summed E-state index contributed by atoms with van der Waals surface area (Å²) >= 11 is 0. The normalized spacial score (nSPS) is 13.5. The van der Waals surface area contributed by atoms with Gasteiger partial charge in [-0.2, -0.15) is 0 Å². The Balaban J connectivity index is 1.50. The SMILES string of the molecule is CNS(=O)(=O)c1ccc2c(c1)CCN2C(=O)Cn1c(-c2ccccc2)cc2ccccc21. The number of nitrogens with one attached hydrogen (secondary N) is 1. The largest absolute Gasteiger partial charge is 0.331 e. The number of hydrogen-bond donors (Lipinski definition) is 1. The molecule has 6 nitrogen and oxygen atoms in total. The van der Waals surface area contributed by atoms with Crippen molar-refractivity contribution in [2.45, 2.75) is 17.9 Å². The highest BCUT2D eigenvalue weighted by atomic mass is 32.2. The number of nitrogens with zero attached hydrogens (tertiary/aromatic N) is 2. The fourth-order valence-corrected chi connectivity index (χ4v) is 5.15. The van der Waals surface area contributed by atoms with Crippen molar-refractivity contribution in [3.8, 4) is 11.3 Å². The molecule has 0 spiro atoms. The van der Waals surface area contributed by atoms with Crippen LogP contribution in [0.2, 0.25) is 0 Å². The third kappa shape index (κ3) is 3.49. The van der Waals surface area contributed by atoms with Crippen LogP contribution in [0.15, 0.2) is 83.8 Å². The zero-order valence-corrected chi connectivity index (χ0v) is 18.5. The minimum atomic E-state index is -3.52. The van der Waals surface area contributed by atoms with Crippen molar-refractivity contribution in [1.82, 2.24) is 9.29 Å². The molecule has 0 fully saturated rings. The Kier molecular flexibility index (Phi) is 5.07. The van der Waals surface area contributed by atoms with Gasteiger partial charge in [0, 0.05) is 28.8 Å². The van der Waals surface area contributed by atoms with E-state index in [1.807, 2.05) is 48.5 Å². The Labute approximate surface area is 187 Å². The van der Waals surface area contributed by atoms with E-state index in [-0.39, 0.29) is 17.3 Å². The quantitative estimate of drug-likeness (QED) is 0.508. The lowest BCUT2D eigenvalue weighted by molar-refractivity contribution is -0.119. The van der Waals surface area contributed by atoms with Crippen molar-refractivity contribution >= 4 is 32.5 Å². The minimum Gasteiger partial charge on any atom is -0.331 e. The average Bonchev–Trinajstić information content (AvgIpc) is 3.41. The van der Waals surface area contributed by atoms with Gasteiger partial charge in [0.1, 0.15) is 6.54 Å². The van der Waals surface area contributed by atoms with Crippen molar-refractivity contribution in [3.05, 3.63) is 84.4 Å². The molecule has 0 saturated heterocycles. The molecule has 0 radical (unpaired) electrons. The summed E-state index contributed by atoms with van der Waals surface area (Å²) in [5.74, 6) is -0.0218. The van der Waals surface area contributed by atoms with E-state index < -0.39 is 10.0 Å². The van der Waals surface area contributed by atoms with Gasteiger partial charge >= 0.3 is 0 Å². The van der Waals surface area contributed by atoms with Gasteiger partial charge in [-0.25, -0.2) is 13.1 Å². The number of carbonyl (C=O) groups excluding carboxylic acids is 1. The number of fused-ring (bicyclic) bond motifs is 2. The first kappa shape index (κ1) is 20.5. The Hall–Kier alpha value is -3.42. The second-order valence-electron chi connectivity index (χ2n) is 7.83. The predicted octanol–water partition coefficient (Wildman–Crippen LogP) is 3.81. The summed E-state index contributed by atoms with van der Waals surface area (Å²) in [6.45, 7) is 0.741. The second kappa shape index (κ2) is 7.93. The first-order chi connectivity index (χ1) is 15.5. The van der Waals surface area contributed by atoms with E-state index in [0.717, 1.165) is 33.4 Å². The van der Waals surface area contributed by atoms with Crippen molar-refractivity contribution in [2.24, 2.45) is 0 Å². The number of rotatable bonds is 5. The zero-order valence-electron chi connectivity index (χ0n) is 17.7. The fourth-order valence-electron chi connectivity index (χ4n) is 4.37. The van der Waals surface area contributed by atoms with Gasteiger partial charge < -0.3 is 9.47 Å². The van der Waals surface area contributed by atoms with Crippen molar-refractivity contribution < 1.29 is 13.2 Å². The van der Waals surface area contributed by atoms with Crippen LogP contribution in [0.25, 0.3) is 22.2 Å². The zero-order chi connectivity index (χ0) is 22.3. The molecular formula is C25H23N3O3S. The summed E-state index contributed by atoms with van der Waals surface area (Å²) in [5.41, 5.74) is 4.71. The van der Waals surface area contributed by atoms with Crippen LogP contribution in [0, 0.1) is 0 Å². The summed E-state index contributed by atoms with van der Waals surface area (Å²) in [5, 5.41) is 1.09. The second-order valence-corrected chi connectivity index (χ2v) is 9.72. The number of benzene rings is 3. The van der Waals surface area contributed by atoms with E-state index in [9.17, 15) is 13.2 Å². The molecule has 4 aromatic rings. The van der Waals surface area contributed by atoms with E-state index in [2.05, 4.69) is 21.4 Å². The van der Waals surface area contributed by atoms with Gasteiger partial charge in [0.2, 0.25) is 15.9 Å². The number of hydrogen-bond acceptors (Lipinski definition) is 3. The van der Waals surface area contributed by atoms with Gasteiger partial charge in [0.05, 0.1) is 4.90 Å². The van der Waals surface area contributed by atoms with Crippen LogP contribution in [-0.2, 0) is 27.8 Å². The molecular weight excluding hydrogens is 422 g/mol. The molecule has 0 bridgehead atoms. The van der Waals surface area contributed by atoms with Gasteiger partial charge in [0.15, 0.2) is 0 Å². The van der Waals surface area contributed by atoms with Gasteiger partial charge in [0.25, 0.3) is 0 Å². The Morgan fingerprint density at radius 1 is 0.969 bits per heavy atom. The first-order valence-corrected chi connectivity index (χ1v) is 12.0. The number of aromatic nitrogens is 1. The summed E-state index contributed by atoms with van der Waals surface area (Å²) in [4.78, 5) is 15.4. The summed E-state index contributed by atoms with van der Waals surface area (Å²) in [7, 11) is -2.12. The number of amides is 1. The Bertz CT molecular complexity index is 1430. The smallest absolute Gasteiger partial charge is 0.246 e. The predicted molar refractivity (Wildman–Crippen MR) is 126 cm³/mol. The maximum absolute atomic E-state index is 13.4. The third-order valence-electron chi connectivity index (χ3n) is 6.00. The number of sulfonamides is 1. The van der Waals surface area contributed by atoms with Crippen LogP contribution in [0.4, 0.5) is 5.69 Å². The first-order valence-electron chi connectivity index (χ1n) is 10.5. The maximum atomic E-state index is 13.4.